The fourth-order valence-electron chi connectivity index (χ4n) is 1.87. The summed E-state index contributed by atoms with van der Waals surface area (Å²) in [6.07, 6.45) is 8.44. The molecule has 2 rings (SSSR count). The molecular formula is C12H15NO. The van der Waals surface area contributed by atoms with Gasteiger partial charge in [0, 0.05) is 12.4 Å². The molecule has 14 heavy (non-hydrogen) atoms. The van der Waals surface area contributed by atoms with Gasteiger partial charge in [-0.1, -0.05) is 6.08 Å². The van der Waals surface area contributed by atoms with Gasteiger partial charge < -0.3 is 5.11 Å². The van der Waals surface area contributed by atoms with Crippen LogP contribution in [0.15, 0.2) is 24.5 Å². The molecular weight excluding hydrogens is 174 g/mol. The van der Waals surface area contributed by atoms with Crippen LogP contribution in [0.5, 0.6) is 0 Å². The van der Waals surface area contributed by atoms with Crippen LogP contribution >= 0.6 is 0 Å². The third-order valence-corrected chi connectivity index (χ3v) is 2.59. The predicted molar refractivity (Wildman–Crippen MR) is 56.8 cm³/mol. The molecule has 0 bridgehead atoms. The van der Waals surface area contributed by atoms with Gasteiger partial charge in [0.2, 0.25) is 0 Å². The number of allylic oxidation sites excluding steroid dienone is 1. The van der Waals surface area contributed by atoms with Crippen molar-refractivity contribution in [1.82, 2.24) is 4.98 Å². The molecule has 0 aromatic carbocycles. The van der Waals surface area contributed by atoms with E-state index in [-0.39, 0.29) is 6.10 Å². The van der Waals surface area contributed by atoms with Crippen molar-refractivity contribution in [3.8, 4) is 0 Å². The second kappa shape index (κ2) is 3.93. The Bertz CT molecular complexity index is 357. The van der Waals surface area contributed by atoms with Gasteiger partial charge in [-0.15, -0.1) is 0 Å². The SMILES string of the molecule is Cc1cncc(C2=CC(O)CCC2)c1. The van der Waals surface area contributed by atoms with E-state index < -0.39 is 0 Å². The zero-order chi connectivity index (χ0) is 9.97. The van der Waals surface area contributed by atoms with E-state index in [1.54, 1.807) is 0 Å². The quantitative estimate of drug-likeness (QED) is 0.735. The first-order valence-electron chi connectivity index (χ1n) is 5.06. The van der Waals surface area contributed by atoms with Gasteiger partial charge in [0.1, 0.15) is 0 Å². The number of hydrogen-bond donors (Lipinski definition) is 1. The summed E-state index contributed by atoms with van der Waals surface area (Å²) in [6, 6.07) is 2.12. The summed E-state index contributed by atoms with van der Waals surface area (Å²) in [7, 11) is 0. The molecule has 0 saturated carbocycles. The summed E-state index contributed by atoms with van der Waals surface area (Å²) >= 11 is 0. The first-order chi connectivity index (χ1) is 6.75. The molecule has 0 fully saturated rings. The van der Waals surface area contributed by atoms with Crippen molar-refractivity contribution in [3.63, 3.8) is 0 Å². The van der Waals surface area contributed by atoms with Crippen molar-refractivity contribution in [2.45, 2.75) is 32.3 Å². The molecule has 0 spiro atoms. The lowest BCUT2D eigenvalue weighted by atomic mass is 9.93. The average molecular weight is 189 g/mol. The Balaban J connectivity index is 2.30. The van der Waals surface area contributed by atoms with Gasteiger partial charge in [-0.25, -0.2) is 0 Å². The van der Waals surface area contributed by atoms with Gasteiger partial charge in [0.05, 0.1) is 6.10 Å². The van der Waals surface area contributed by atoms with Gasteiger partial charge in [0.15, 0.2) is 0 Å². The van der Waals surface area contributed by atoms with E-state index in [1.807, 2.05) is 25.4 Å². The standard InChI is InChI=1S/C12H15NO/c1-9-5-11(8-13-7-9)10-3-2-4-12(14)6-10/h5-8,12,14H,2-4H2,1H3. The normalized spacial score (nSPS) is 21.9. The van der Waals surface area contributed by atoms with Crippen LogP contribution in [0.25, 0.3) is 5.57 Å². The summed E-state index contributed by atoms with van der Waals surface area (Å²) in [5.41, 5.74) is 3.56. The maximum Gasteiger partial charge on any atom is 0.0726 e. The highest BCUT2D eigenvalue weighted by Crippen LogP contribution is 2.26. The zero-order valence-corrected chi connectivity index (χ0v) is 8.40. The van der Waals surface area contributed by atoms with E-state index in [1.165, 1.54) is 11.1 Å². The number of aliphatic hydroxyl groups is 1. The monoisotopic (exact) mass is 189 g/mol. The molecule has 1 N–H and O–H groups in total. The van der Waals surface area contributed by atoms with E-state index >= 15 is 0 Å². The van der Waals surface area contributed by atoms with Gasteiger partial charge >= 0.3 is 0 Å². The van der Waals surface area contributed by atoms with Crippen molar-refractivity contribution >= 4 is 5.57 Å². The smallest absolute Gasteiger partial charge is 0.0726 e. The summed E-state index contributed by atoms with van der Waals surface area (Å²) in [6.45, 7) is 2.04. The Morgan fingerprint density at radius 3 is 3.00 bits per heavy atom. The van der Waals surface area contributed by atoms with E-state index in [9.17, 15) is 5.11 Å². The van der Waals surface area contributed by atoms with Gasteiger partial charge in [-0.3, -0.25) is 4.98 Å². The fraction of sp³-hybridized carbons (Fsp3) is 0.417. The molecule has 0 amide bonds. The topological polar surface area (TPSA) is 33.1 Å². The molecule has 0 saturated heterocycles. The molecule has 2 heteroatoms. The Morgan fingerprint density at radius 1 is 1.43 bits per heavy atom. The lowest BCUT2D eigenvalue weighted by Gasteiger charge is -2.17. The number of nitrogens with zero attached hydrogens (tertiary/aromatic N) is 1. The molecule has 1 aromatic rings. The highest BCUT2D eigenvalue weighted by Gasteiger charge is 2.12. The second-order valence-electron chi connectivity index (χ2n) is 3.90. The Kier molecular flexibility index (Phi) is 2.64. The van der Waals surface area contributed by atoms with Gasteiger partial charge in [0.25, 0.3) is 0 Å². The number of pyridine rings is 1. The van der Waals surface area contributed by atoms with E-state index in [4.69, 9.17) is 0 Å². The largest absolute Gasteiger partial charge is 0.389 e. The maximum atomic E-state index is 9.51. The first kappa shape index (κ1) is 9.41. The van der Waals surface area contributed by atoms with Crippen molar-refractivity contribution in [2.75, 3.05) is 0 Å². The number of aromatic nitrogens is 1. The van der Waals surface area contributed by atoms with Crippen molar-refractivity contribution in [1.29, 1.82) is 0 Å². The molecule has 74 valence electrons. The number of aryl methyl sites for hydroxylation is 1. The lowest BCUT2D eigenvalue weighted by molar-refractivity contribution is 0.206. The van der Waals surface area contributed by atoms with Crippen molar-refractivity contribution < 1.29 is 5.11 Å². The first-order valence-corrected chi connectivity index (χ1v) is 5.06. The van der Waals surface area contributed by atoms with E-state index in [2.05, 4.69) is 11.1 Å². The van der Waals surface area contributed by atoms with Gasteiger partial charge in [-0.2, -0.15) is 0 Å². The third-order valence-electron chi connectivity index (χ3n) is 2.59. The van der Waals surface area contributed by atoms with Crippen molar-refractivity contribution in [3.05, 3.63) is 35.7 Å². The number of aliphatic hydroxyl groups excluding tert-OH is 1. The van der Waals surface area contributed by atoms with E-state index in [0.29, 0.717) is 0 Å². The van der Waals surface area contributed by atoms with Crippen LogP contribution in [0.1, 0.15) is 30.4 Å². The highest BCUT2D eigenvalue weighted by atomic mass is 16.3. The average Bonchev–Trinajstić information content (AvgIpc) is 2.18. The van der Waals surface area contributed by atoms with Crippen molar-refractivity contribution in [2.24, 2.45) is 0 Å². The molecule has 0 radical (unpaired) electrons. The summed E-state index contributed by atoms with van der Waals surface area (Å²) in [5, 5.41) is 9.51. The molecule has 0 aliphatic heterocycles. The molecule has 1 aromatic heterocycles. The van der Waals surface area contributed by atoms with Crippen LogP contribution < -0.4 is 0 Å². The highest BCUT2D eigenvalue weighted by molar-refractivity contribution is 5.66. The van der Waals surface area contributed by atoms with Crippen LogP contribution in [-0.4, -0.2) is 16.2 Å². The number of hydrogen-bond acceptors (Lipinski definition) is 2. The van der Waals surface area contributed by atoms with Crippen LogP contribution in [0, 0.1) is 6.92 Å². The lowest BCUT2D eigenvalue weighted by Crippen LogP contribution is -2.08. The molecule has 1 unspecified atom stereocenters. The van der Waals surface area contributed by atoms with Crippen LogP contribution in [0.3, 0.4) is 0 Å². The Hall–Kier alpha value is -1.15. The molecule has 1 atom stereocenters. The number of rotatable bonds is 1. The minimum Gasteiger partial charge on any atom is -0.389 e. The summed E-state index contributed by atoms with van der Waals surface area (Å²) < 4.78 is 0. The molecule has 1 aliphatic carbocycles. The molecule has 1 aliphatic rings. The van der Waals surface area contributed by atoms with Gasteiger partial charge in [-0.05, 0) is 49.0 Å². The maximum absolute atomic E-state index is 9.51. The molecule has 1 heterocycles. The Morgan fingerprint density at radius 2 is 2.29 bits per heavy atom. The summed E-state index contributed by atoms with van der Waals surface area (Å²) in [5.74, 6) is 0. The third kappa shape index (κ3) is 2.02. The minimum absolute atomic E-state index is 0.265. The van der Waals surface area contributed by atoms with E-state index in [0.717, 1.165) is 24.8 Å². The predicted octanol–water partition coefficient (Wildman–Crippen LogP) is 2.32. The second-order valence-corrected chi connectivity index (χ2v) is 3.90. The summed E-state index contributed by atoms with van der Waals surface area (Å²) in [4.78, 5) is 4.16. The van der Waals surface area contributed by atoms with Crippen LogP contribution in [0.4, 0.5) is 0 Å². The zero-order valence-electron chi connectivity index (χ0n) is 8.40. The Labute approximate surface area is 84.3 Å². The molecule has 2 nitrogen and oxygen atoms in total. The van der Waals surface area contributed by atoms with Crippen LogP contribution in [-0.2, 0) is 0 Å². The fourth-order valence-corrected chi connectivity index (χ4v) is 1.87. The van der Waals surface area contributed by atoms with Crippen LogP contribution in [0.2, 0.25) is 0 Å². The minimum atomic E-state index is -0.265.